The number of halogens is 1. The molecule has 3 N–H and O–H groups in total. The van der Waals surface area contributed by atoms with Gasteiger partial charge >= 0.3 is 0 Å². The van der Waals surface area contributed by atoms with Crippen molar-refractivity contribution in [1.29, 1.82) is 0 Å². The normalized spacial score (nSPS) is 10.9. The number of hydrogen-bond donors (Lipinski definition) is 3. The number of fused-ring (bicyclic) bond motifs is 1. The number of aryl methyl sites for hydroxylation is 1. The molecule has 0 bridgehead atoms. The summed E-state index contributed by atoms with van der Waals surface area (Å²) < 4.78 is 0.814. The topological polar surface area (TPSA) is 91.4 Å². The van der Waals surface area contributed by atoms with Gasteiger partial charge in [-0.05, 0) is 53.2 Å². The van der Waals surface area contributed by atoms with Crippen molar-refractivity contribution in [3.63, 3.8) is 0 Å². The van der Waals surface area contributed by atoms with Gasteiger partial charge in [0.1, 0.15) is 11.6 Å². The second-order valence-corrected chi connectivity index (χ2v) is 6.92. The van der Waals surface area contributed by atoms with Crippen LogP contribution < -0.4 is 10.6 Å². The number of aromatic nitrogens is 5. The van der Waals surface area contributed by atoms with Crippen LogP contribution in [-0.4, -0.2) is 31.5 Å². The third-order valence-electron chi connectivity index (χ3n) is 4.00. The van der Waals surface area contributed by atoms with E-state index in [1.807, 2.05) is 43.3 Å². The molecule has 1 aromatic carbocycles. The van der Waals surface area contributed by atoms with E-state index < -0.39 is 0 Å². The minimum absolute atomic E-state index is 0.522. The van der Waals surface area contributed by atoms with E-state index in [-0.39, 0.29) is 0 Å². The van der Waals surface area contributed by atoms with E-state index in [4.69, 9.17) is 0 Å². The summed E-state index contributed by atoms with van der Waals surface area (Å²) in [6.07, 6.45) is 4.35. The average molecular weight is 424 g/mol. The molecule has 0 unspecified atom stereocenters. The predicted octanol–water partition coefficient (Wildman–Crippen LogP) is 4.22. The van der Waals surface area contributed by atoms with E-state index in [2.05, 4.69) is 51.5 Å². The molecule has 136 valence electrons. The summed E-state index contributed by atoms with van der Waals surface area (Å²) in [5.74, 6) is 2.15. The van der Waals surface area contributed by atoms with Gasteiger partial charge in [0.15, 0.2) is 0 Å². The Morgan fingerprint density at radius 1 is 1.11 bits per heavy atom. The number of anilines is 3. The SMILES string of the molecule is Cc1nc2ccc(Nc3ncc(Br)c(NCCc4ccccn4)n3)cc2[nH]1. The minimum Gasteiger partial charge on any atom is -0.369 e. The monoisotopic (exact) mass is 423 g/mol. The maximum Gasteiger partial charge on any atom is 0.229 e. The molecular weight excluding hydrogens is 406 g/mol. The van der Waals surface area contributed by atoms with Gasteiger partial charge in [0.25, 0.3) is 0 Å². The van der Waals surface area contributed by atoms with Gasteiger partial charge < -0.3 is 15.6 Å². The van der Waals surface area contributed by atoms with Crippen LogP contribution in [0.4, 0.5) is 17.5 Å². The molecule has 0 saturated carbocycles. The summed E-state index contributed by atoms with van der Waals surface area (Å²) in [6, 6.07) is 11.8. The van der Waals surface area contributed by atoms with Crippen LogP contribution >= 0.6 is 15.9 Å². The third kappa shape index (κ3) is 4.22. The van der Waals surface area contributed by atoms with E-state index in [1.165, 1.54) is 0 Å². The molecule has 0 aliphatic heterocycles. The van der Waals surface area contributed by atoms with Crippen LogP contribution in [0.1, 0.15) is 11.5 Å². The Balaban J connectivity index is 1.45. The summed E-state index contributed by atoms with van der Waals surface area (Å²) in [4.78, 5) is 20.9. The molecular formula is C19H18BrN7. The van der Waals surface area contributed by atoms with Gasteiger partial charge in [0, 0.05) is 36.7 Å². The van der Waals surface area contributed by atoms with E-state index in [0.29, 0.717) is 5.95 Å². The third-order valence-corrected chi connectivity index (χ3v) is 4.58. The lowest BCUT2D eigenvalue weighted by molar-refractivity contribution is 0.949. The van der Waals surface area contributed by atoms with Gasteiger partial charge in [-0.15, -0.1) is 0 Å². The molecule has 0 atom stereocenters. The largest absolute Gasteiger partial charge is 0.369 e. The molecule has 0 fully saturated rings. The van der Waals surface area contributed by atoms with Gasteiger partial charge in [0.05, 0.1) is 15.5 Å². The fourth-order valence-corrected chi connectivity index (χ4v) is 3.08. The molecule has 0 spiro atoms. The van der Waals surface area contributed by atoms with Crippen molar-refractivity contribution >= 4 is 44.4 Å². The maximum absolute atomic E-state index is 4.56. The number of aromatic amines is 1. The Bertz CT molecular complexity index is 1060. The van der Waals surface area contributed by atoms with Crippen LogP contribution in [0.2, 0.25) is 0 Å². The van der Waals surface area contributed by atoms with Gasteiger partial charge in [-0.3, -0.25) is 4.98 Å². The molecule has 0 saturated heterocycles. The first kappa shape index (κ1) is 17.4. The number of nitrogens with zero attached hydrogens (tertiary/aromatic N) is 4. The molecule has 4 rings (SSSR count). The highest BCUT2D eigenvalue weighted by molar-refractivity contribution is 9.10. The highest BCUT2D eigenvalue weighted by Crippen LogP contribution is 2.23. The van der Waals surface area contributed by atoms with Gasteiger partial charge in [-0.1, -0.05) is 6.07 Å². The molecule has 0 aliphatic carbocycles. The van der Waals surface area contributed by atoms with E-state index in [9.17, 15) is 0 Å². The lowest BCUT2D eigenvalue weighted by Gasteiger charge is -2.10. The lowest BCUT2D eigenvalue weighted by atomic mass is 10.3. The molecule has 8 heteroatoms. The van der Waals surface area contributed by atoms with E-state index in [1.54, 1.807) is 12.4 Å². The zero-order valence-electron chi connectivity index (χ0n) is 14.7. The Labute approximate surface area is 164 Å². The zero-order chi connectivity index (χ0) is 18.6. The first-order valence-electron chi connectivity index (χ1n) is 8.57. The highest BCUT2D eigenvalue weighted by atomic mass is 79.9. The Hall–Kier alpha value is -3.00. The number of pyridine rings is 1. The van der Waals surface area contributed by atoms with Crippen LogP contribution in [0, 0.1) is 6.92 Å². The van der Waals surface area contributed by atoms with Crippen LogP contribution in [0.5, 0.6) is 0 Å². The van der Waals surface area contributed by atoms with Crippen LogP contribution in [0.3, 0.4) is 0 Å². The summed E-state index contributed by atoms with van der Waals surface area (Å²) in [5.41, 5.74) is 3.85. The van der Waals surface area contributed by atoms with Crippen LogP contribution in [0.15, 0.2) is 53.3 Å². The molecule has 3 aromatic heterocycles. The first-order valence-corrected chi connectivity index (χ1v) is 9.36. The average Bonchev–Trinajstić information content (AvgIpc) is 3.04. The fourth-order valence-electron chi connectivity index (χ4n) is 2.75. The molecule has 0 aliphatic rings. The predicted molar refractivity (Wildman–Crippen MR) is 110 cm³/mol. The zero-order valence-corrected chi connectivity index (χ0v) is 16.3. The molecule has 7 nitrogen and oxygen atoms in total. The van der Waals surface area contributed by atoms with Crippen molar-refractivity contribution in [3.05, 3.63) is 64.8 Å². The van der Waals surface area contributed by atoms with Crippen molar-refractivity contribution in [1.82, 2.24) is 24.9 Å². The first-order chi connectivity index (χ1) is 13.2. The minimum atomic E-state index is 0.522. The lowest BCUT2D eigenvalue weighted by Crippen LogP contribution is -2.09. The quantitative estimate of drug-likeness (QED) is 0.430. The Kier molecular flexibility index (Phi) is 4.97. The molecule has 0 radical (unpaired) electrons. The van der Waals surface area contributed by atoms with Crippen molar-refractivity contribution in [3.8, 4) is 0 Å². The van der Waals surface area contributed by atoms with E-state index in [0.717, 1.165) is 51.5 Å². The molecule has 3 heterocycles. The Morgan fingerprint density at radius 2 is 2.04 bits per heavy atom. The highest BCUT2D eigenvalue weighted by Gasteiger charge is 2.07. The molecule has 27 heavy (non-hydrogen) atoms. The molecule has 0 amide bonds. The van der Waals surface area contributed by atoms with Crippen molar-refractivity contribution < 1.29 is 0 Å². The number of imidazole rings is 1. The van der Waals surface area contributed by atoms with Gasteiger partial charge in [-0.2, -0.15) is 4.98 Å². The standard InChI is InChI=1S/C19H18BrN7/c1-12-24-16-6-5-14(10-17(16)25-12)26-19-23-11-15(20)18(27-19)22-9-7-13-4-2-3-8-21-13/h2-6,8,10-11H,7,9H2,1H3,(H,24,25)(H2,22,23,26,27). The van der Waals surface area contributed by atoms with E-state index >= 15 is 0 Å². The number of hydrogen-bond acceptors (Lipinski definition) is 6. The Morgan fingerprint density at radius 3 is 2.89 bits per heavy atom. The number of H-pyrrole nitrogens is 1. The number of rotatable bonds is 6. The smallest absolute Gasteiger partial charge is 0.229 e. The summed E-state index contributed by atoms with van der Waals surface area (Å²) in [5, 5.41) is 6.56. The van der Waals surface area contributed by atoms with Gasteiger partial charge in [0.2, 0.25) is 5.95 Å². The van der Waals surface area contributed by atoms with Gasteiger partial charge in [-0.25, -0.2) is 9.97 Å². The summed E-state index contributed by atoms with van der Waals surface area (Å²) in [6.45, 7) is 2.67. The number of nitrogens with one attached hydrogen (secondary N) is 3. The second kappa shape index (κ2) is 7.71. The number of benzene rings is 1. The fraction of sp³-hybridized carbons (Fsp3) is 0.158. The van der Waals surface area contributed by atoms with Crippen molar-refractivity contribution in [2.75, 3.05) is 17.2 Å². The van der Waals surface area contributed by atoms with Crippen LogP contribution in [0.25, 0.3) is 11.0 Å². The maximum atomic E-state index is 4.56. The summed E-state index contributed by atoms with van der Waals surface area (Å²) in [7, 11) is 0. The van der Waals surface area contributed by atoms with Crippen LogP contribution in [-0.2, 0) is 6.42 Å². The van der Waals surface area contributed by atoms with Crippen molar-refractivity contribution in [2.24, 2.45) is 0 Å². The molecule has 4 aromatic rings. The van der Waals surface area contributed by atoms with Crippen molar-refractivity contribution in [2.45, 2.75) is 13.3 Å². The summed E-state index contributed by atoms with van der Waals surface area (Å²) >= 11 is 3.49. The second-order valence-electron chi connectivity index (χ2n) is 6.07.